The van der Waals surface area contributed by atoms with Crippen LogP contribution in [-0.2, 0) is 13.9 Å². The topological polar surface area (TPSA) is 48.0 Å². The van der Waals surface area contributed by atoms with Crippen LogP contribution in [0.5, 0.6) is 0 Å². The van der Waals surface area contributed by atoms with Crippen molar-refractivity contribution in [3.63, 3.8) is 0 Å². The van der Waals surface area contributed by atoms with Gasteiger partial charge in [0, 0.05) is 6.20 Å². The lowest BCUT2D eigenvalue weighted by atomic mass is 9.95. The van der Waals surface area contributed by atoms with E-state index in [2.05, 4.69) is 33.9 Å². The number of hydrogen-bond donors (Lipinski definition) is 0. The molecule has 182 valence electrons. The first kappa shape index (κ1) is 25.6. The van der Waals surface area contributed by atoms with Gasteiger partial charge in [0.15, 0.2) is 6.10 Å². The summed E-state index contributed by atoms with van der Waals surface area (Å²) < 4.78 is 18.3. The minimum Gasteiger partial charge on any atom is -0.541 e. The molecule has 1 saturated heterocycles. The molecule has 0 unspecified atom stereocenters. The van der Waals surface area contributed by atoms with Crippen molar-refractivity contribution in [2.24, 2.45) is 0 Å². The number of allylic oxidation sites excluding steroid dienone is 2. The Morgan fingerprint density at radius 3 is 2.12 bits per heavy atom. The zero-order chi connectivity index (χ0) is 24.9. The van der Waals surface area contributed by atoms with Crippen molar-refractivity contribution in [2.45, 2.75) is 64.9 Å². The highest BCUT2D eigenvalue weighted by Gasteiger charge is 2.43. The molecule has 0 aliphatic carbocycles. The Balaban J connectivity index is 2.00. The normalized spacial score (nSPS) is 19.7. The van der Waals surface area contributed by atoms with E-state index in [-0.39, 0.29) is 17.2 Å². The second kappa shape index (κ2) is 10.5. The van der Waals surface area contributed by atoms with E-state index in [1.54, 1.807) is 11.1 Å². The van der Waals surface area contributed by atoms with Crippen molar-refractivity contribution >= 4 is 14.4 Å². The van der Waals surface area contributed by atoms with Crippen LogP contribution in [0.2, 0.25) is 18.1 Å². The Morgan fingerprint density at radius 1 is 1.03 bits per heavy atom. The lowest BCUT2D eigenvalue weighted by molar-refractivity contribution is 0.131. The quantitative estimate of drug-likeness (QED) is 0.221. The van der Waals surface area contributed by atoms with Crippen molar-refractivity contribution in [2.75, 3.05) is 6.61 Å². The van der Waals surface area contributed by atoms with Gasteiger partial charge in [0.05, 0.1) is 6.61 Å². The van der Waals surface area contributed by atoms with E-state index in [4.69, 9.17) is 13.9 Å². The summed E-state index contributed by atoms with van der Waals surface area (Å²) in [5.41, 5.74) is 1.96. The first-order chi connectivity index (χ1) is 16.0. The third-order valence-electron chi connectivity index (χ3n) is 6.56. The molecule has 2 atom stereocenters. The van der Waals surface area contributed by atoms with Crippen LogP contribution >= 0.6 is 0 Å². The van der Waals surface area contributed by atoms with Crippen molar-refractivity contribution in [3.8, 4) is 0 Å². The van der Waals surface area contributed by atoms with Crippen LogP contribution in [0.3, 0.4) is 0 Å². The Kier molecular flexibility index (Phi) is 7.92. The number of rotatable bonds is 8. The standard InChI is InChI=1S/C28H37NO4Si/c1-8-31-21(2)24(33-34(6,7)28(3,4)5)19-20-29-25(22-15-11-9-12-16-22)26(32-27(29)30)23-17-13-10-14-18-23/h9-20,25-26H,8H2,1-7H3/b20-19+,24-21-/t25-,26+/m1/s1. The summed E-state index contributed by atoms with van der Waals surface area (Å²) >= 11 is 0. The van der Waals surface area contributed by atoms with Crippen LogP contribution in [0, 0.1) is 0 Å². The Hall–Kier alpha value is -2.99. The number of benzene rings is 2. The van der Waals surface area contributed by atoms with Gasteiger partial charge in [0.25, 0.3) is 8.32 Å². The van der Waals surface area contributed by atoms with Gasteiger partial charge in [0.1, 0.15) is 17.6 Å². The summed E-state index contributed by atoms with van der Waals surface area (Å²) in [6, 6.07) is 19.5. The highest BCUT2D eigenvalue weighted by atomic mass is 28.4. The Bertz CT molecular complexity index is 1030. The lowest BCUT2D eigenvalue weighted by Gasteiger charge is -2.37. The molecule has 0 bridgehead atoms. The first-order valence-electron chi connectivity index (χ1n) is 11.8. The lowest BCUT2D eigenvalue weighted by Crippen LogP contribution is -2.40. The molecule has 0 aromatic heterocycles. The zero-order valence-corrected chi connectivity index (χ0v) is 22.4. The second-order valence-corrected chi connectivity index (χ2v) is 14.7. The number of carbonyl (C=O) groups excluding carboxylic acids is 1. The average Bonchev–Trinajstić information content (AvgIpc) is 3.13. The average molecular weight is 480 g/mol. The molecule has 0 radical (unpaired) electrons. The van der Waals surface area contributed by atoms with Gasteiger partial charge >= 0.3 is 6.09 Å². The van der Waals surface area contributed by atoms with Crippen LogP contribution in [0.25, 0.3) is 0 Å². The fourth-order valence-electron chi connectivity index (χ4n) is 3.61. The zero-order valence-electron chi connectivity index (χ0n) is 21.4. The van der Waals surface area contributed by atoms with Crippen molar-refractivity contribution in [3.05, 3.63) is 95.6 Å². The van der Waals surface area contributed by atoms with Gasteiger partial charge in [-0.05, 0) is 49.2 Å². The third kappa shape index (κ3) is 5.73. The Morgan fingerprint density at radius 2 is 1.59 bits per heavy atom. The molecular formula is C28H37NO4Si. The fourth-order valence-corrected chi connectivity index (χ4v) is 4.68. The van der Waals surface area contributed by atoms with Crippen LogP contribution in [0.1, 0.15) is 57.9 Å². The molecule has 3 rings (SSSR count). The third-order valence-corrected chi connectivity index (χ3v) is 10.9. The molecule has 34 heavy (non-hydrogen) atoms. The maximum atomic E-state index is 13.1. The largest absolute Gasteiger partial charge is 0.541 e. The van der Waals surface area contributed by atoms with Crippen molar-refractivity contribution < 1.29 is 18.7 Å². The molecule has 0 saturated carbocycles. The molecule has 0 spiro atoms. The minimum atomic E-state index is -2.12. The van der Waals surface area contributed by atoms with Crippen LogP contribution in [0.4, 0.5) is 4.79 Å². The molecule has 0 N–H and O–H groups in total. The van der Waals surface area contributed by atoms with Gasteiger partial charge in [0.2, 0.25) is 0 Å². The van der Waals surface area contributed by atoms with Gasteiger partial charge in [-0.1, -0.05) is 81.4 Å². The number of cyclic esters (lactones) is 1. The highest BCUT2D eigenvalue weighted by Crippen LogP contribution is 2.43. The number of ether oxygens (including phenoxy) is 2. The predicted octanol–water partition coefficient (Wildman–Crippen LogP) is 7.72. The van der Waals surface area contributed by atoms with E-state index in [1.807, 2.05) is 80.6 Å². The summed E-state index contributed by atoms with van der Waals surface area (Å²) in [5.74, 6) is 1.35. The van der Waals surface area contributed by atoms with Gasteiger partial charge < -0.3 is 13.9 Å². The Labute approximate surface area is 205 Å². The summed E-state index contributed by atoms with van der Waals surface area (Å²) in [7, 11) is -2.12. The van der Waals surface area contributed by atoms with E-state index in [9.17, 15) is 4.79 Å². The fraction of sp³-hybridized carbons (Fsp3) is 0.393. The second-order valence-electron chi connectivity index (χ2n) is 10.0. The van der Waals surface area contributed by atoms with Gasteiger partial charge in [-0.2, -0.15) is 0 Å². The summed E-state index contributed by atoms with van der Waals surface area (Å²) in [6.45, 7) is 15.4. The van der Waals surface area contributed by atoms with E-state index < -0.39 is 14.4 Å². The van der Waals surface area contributed by atoms with E-state index >= 15 is 0 Å². The molecule has 1 heterocycles. The molecule has 5 nitrogen and oxygen atoms in total. The number of amides is 1. The van der Waals surface area contributed by atoms with E-state index in [1.165, 1.54) is 0 Å². The highest BCUT2D eigenvalue weighted by molar-refractivity contribution is 6.74. The number of hydrogen-bond acceptors (Lipinski definition) is 4. The molecular weight excluding hydrogens is 442 g/mol. The molecule has 2 aromatic rings. The number of nitrogens with zero attached hydrogens (tertiary/aromatic N) is 1. The van der Waals surface area contributed by atoms with Crippen LogP contribution < -0.4 is 0 Å². The SMILES string of the molecule is CCO/C(C)=C(/C=C/N1C(=O)O[C@@H](c2ccccc2)[C@H]1c1ccccc1)O[Si](C)(C)C(C)(C)C. The van der Waals surface area contributed by atoms with Gasteiger partial charge in [-0.15, -0.1) is 0 Å². The van der Waals surface area contributed by atoms with Crippen LogP contribution in [-0.4, -0.2) is 25.9 Å². The monoisotopic (exact) mass is 479 g/mol. The molecule has 1 aliphatic heterocycles. The molecule has 1 aliphatic rings. The molecule has 1 amide bonds. The summed E-state index contributed by atoms with van der Waals surface area (Å²) in [6.07, 6.45) is 2.81. The maximum Gasteiger partial charge on any atom is 0.415 e. The molecule has 2 aromatic carbocycles. The predicted molar refractivity (Wildman–Crippen MR) is 138 cm³/mol. The van der Waals surface area contributed by atoms with E-state index in [0.717, 1.165) is 11.1 Å². The molecule has 1 fully saturated rings. The number of carbonyl (C=O) groups is 1. The van der Waals surface area contributed by atoms with Crippen LogP contribution in [0.15, 0.2) is 84.5 Å². The van der Waals surface area contributed by atoms with E-state index in [0.29, 0.717) is 18.1 Å². The summed E-state index contributed by atoms with van der Waals surface area (Å²) in [5, 5.41) is 0.0239. The molecule has 6 heteroatoms. The van der Waals surface area contributed by atoms with Gasteiger partial charge in [-0.25, -0.2) is 4.79 Å². The first-order valence-corrected chi connectivity index (χ1v) is 14.8. The minimum absolute atomic E-state index is 0.0239. The summed E-state index contributed by atoms with van der Waals surface area (Å²) in [4.78, 5) is 14.7. The van der Waals surface area contributed by atoms with Crippen molar-refractivity contribution in [1.82, 2.24) is 4.90 Å². The maximum absolute atomic E-state index is 13.1. The smallest absolute Gasteiger partial charge is 0.415 e. The van der Waals surface area contributed by atoms with Gasteiger partial charge in [-0.3, -0.25) is 4.90 Å². The van der Waals surface area contributed by atoms with Crippen molar-refractivity contribution in [1.29, 1.82) is 0 Å².